The average molecular weight is 493 g/mol. The van der Waals surface area contributed by atoms with Crippen LogP contribution < -0.4 is 15.0 Å². The molecule has 1 N–H and O–H groups in total. The fourth-order valence-electron chi connectivity index (χ4n) is 3.50. The van der Waals surface area contributed by atoms with E-state index in [1.807, 2.05) is 36.4 Å². The Labute approximate surface area is 181 Å². The summed E-state index contributed by atoms with van der Waals surface area (Å²) in [7, 11) is 1.73. The number of methoxy groups -OCH3 is 1. The normalized spacial score (nSPS) is 14.7. The Morgan fingerprint density at radius 3 is 2.61 bits per heavy atom. The molecule has 1 fully saturated rings. The van der Waals surface area contributed by atoms with E-state index in [1.165, 1.54) is 5.69 Å². The first-order valence-corrected chi connectivity index (χ1v) is 10.9. The van der Waals surface area contributed by atoms with Crippen LogP contribution in [0.4, 0.5) is 5.69 Å². The lowest BCUT2D eigenvalue weighted by Crippen LogP contribution is -2.46. The number of carbonyl (C=O) groups excluding carboxylic acids is 1. The van der Waals surface area contributed by atoms with Crippen molar-refractivity contribution < 1.29 is 9.53 Å². The van der Waals surface area contributed by atoms with Gasteiger partial charge in [-0.2, -0.15) is 0 Å². The zero-order valence-corrected chi connectivity index (χ0v) is 18.5. The summed E-state index contributed by atoms with van der Waals surface area (Å²) in [6, 6.07) is 15.9. The Kier molecular flexibility index (Phi) is 7.97. The van der Waals surface area contributed by atoms with Crippen LogP contribution in [0.5, 0.6) is 5.75 Å². The molecule has 2 aromatic carbocycles. The van der Waals surface area contributed by atoms with Crippen molar-refractivity contribution in [2.45, 2.75) is 12.8 Å². The molecular weight excluding hydrogens is 465 g/mol. The third-order valence-corrected chi connectivity index (χ3v) is 5.74. The van der Waals surface area contributed by atoms with Crippen molar-refractivity contribution in [1.82, 2.24) is 10.2 Å². The highest BCUT2D eigenvalue weighted by molar-refractivity contribution is 14.1. The highest BCUT2D eigenvalue weighted by Gasteiger charge is 2.19. The number of unbranched alkanes of at least 4 members (excludes halogenated alkanes) is 1. The third-order valence-electron chi connectivity index (χ3n) is 5.07. The molecule has 0 atom stereocenters. The van der Waals surface area contributed by atoms with E-state index in [0.29, 0.717) is 0 Å². The zero-order valence-electron chi connectivity index (χ0n) is 16.4. The quantitative estimate of drug-likeness (QED) is 0.451. The second kappa shape index (κ2) is 10.7. The average Bonchev–Trinajstić information content (AvgIpc) is 2.74. The van der Waals surface area contributed by atoms with Gasteiger partial charge in [-0.25, -0.2) is 0 Å². The topological polar surface area (TPSA) is 44.8 Å². The number of benzene rings is 2. The number of ether oxygens (including phenoxy) is 1. The van der Waals surface area contributed by atoms with Crippen LogP contribution in [0, 0.1) is 3.57 Å². The number of nitrogens with zero attached hydrogens (tertiary/aromatic N) is 2. The van der Waals surface area contributed by atoms with Gasteiger partial charge in [-0.05, 0) is 72.3 Å². The van der Waals surface area contributed by atoms with Gasteiger partial charge in [0.25, 0.3) is 5.91 Å². The van der Waals surface area contributed by atoms with Gasteiger partial charge in [-0.3, -0.25) is 9.69 Å². The highest BCUT2D eigenvalue weighted by atomic mass is 127. The molecule has 0 aliphatic carbocycles. The number of halogens is 1. The summed E-state index contributed by atoms with van der Waals surface area (Å²) in [6.07, 6.45) is 2.10. The summed E-state index contributed by atoms with van der Waals surface area (Å²) < 4.78 is 6.57. The molecule has 150 valence electrons. The van der Waals surface area contributed by atoms with Gasteiger partial charge in [0.05, 0.1) is 12.8 Å². The van der Waals surface area contributed by atoms with Gasteiger partial charge < -0.3 is 15.0 Å². The first-order chi connectivity index (χ1) is 13.7. The van der Waals surface area contributed by atoms with Crippen LogP contribution in [-0.4, -0.2) is 57.2 Å². The molecule has 1 saturated heterocycles. The van der Waals surface area contributed by atoms with Gasteiger partial charge in [-0.1, -0.05) is 18.2 Å². The molecule has 1 amide bonds. The fourth-order valence-corrected chi connectivity index (χ4v) is 4.04. The number of carbonyl (C=O) groups is 1. The first kappa shape index (κ1) is 20.9. The van der Waals surface area contributed by atoms with E-state index in [9.17, 15) is 4.79 Å². The van der Waals surface area contributed by atoms with Gasteiger partial charge in [0.15, 0.2) is 0 Å². The highest BCUT2D eigenvalue weighted by Crippen LogP contribution is 2.28. The third kappa shape index (κ3) is 5.85. The number of hydrogen-bond acceptors (Lipinski definition) is 4. The lowest BCUT2D eigenvalue weighted by Gasteiger charge is -2.36. The van der Waals surface area contributed by atoms with E-state index in [4.69, 9.17) is 4.74 Å². The van der Waals surface area contributed by atoms with Crippen LogP contribution in [0.2, 0.25) is 0 Å². The standard InChI is InChI=1S/C22H28IN3O2/c1-28-21-10-3-2-9-20(21)26-15-13-25(14-16-26)12-5-4-11-24-22(27)18-7-6-8-19(23)17-18/h2-3,6-10,17H,4-5,11-16H2,1H3,(H,24,27). The molecule has 0 aromatic heterocycles. The van der Waals surface area contributed by atoms with E-state index in [1.54, 1.807) is 7.11 Å². The zero-order chi connectivity index (χ0) is 19.8. The molecule has 0 unspecified atom stereocenters. The maximum absolute atomic E-state index is 12.1. The van der Waals surface area contributed by atoms with Crippen molar-refractivity contribution in [2.75, 3.05) is 51.3 Å². The summed E-state index contributed by atoms with van der Waals surface area (Å²) in [4.78, 5) is 17.1. The molecule has 5 nitrogen and oxygen atoms in total. The number of amides is 1. The lowest BCUT2D eigenvalue weighted by atomic mass is 10.2. The molecule has 1 heterocycles. The number of para-hydroxylation sites is 2. The molecule has 0 saturated carbocycles. The van der Waals surface area contributed by atoms with Crippen molar-refractivity contribution in [3.8, 4) is 5.75 Å². The predicted octanol–water partition coefficient (Wildman–Crippen LogP) is 3.63. The maximum Gasteiger partial charge on any atom is 0.251 e. The van der Waals surface area contributed by atoms with E-state index in [2.05, 4.69) is 49.8 Å². The summed E-state index contributed by atoms with van der Waals surface area (Å²) >= 11 is 2.23. The van der Waals surface area contributed by atoms with E-state index in [-0.39, 0.29) is 5.91 Å². The van der Waals surface area contributed by atoms with Crippen LogP contribution in [0.25, 0.3) is 0 Å². The second-order valence-corrected chi connectivity index (χ2v) is 8.22. The van der Waals surface area contributed by atoms with Crippen LogP contribution in [0.1, 0.15) is 23.2 Å². The summed E-state index contributed by atoms with van der Waals surface area (Å²) in [6.45, 7) is 5.97. The number of anilines is 1. The molecule has 6 heteroatoms. The monoisotopic (exact) mass is 493 g/mol. The molecule has 1 aliphatic rings. The maximum atomic E-state index is 12.1. The molecule has 1 aliphatic heterocycles. The Morgan fingerprint density at radius 1 is 1.07 bits per heavy atom. The van der Waals surface area contributed by atoms with E-state index in [0.717, 1.165) is 67.0 Å². The van der Waals surface area contributed by atoms with Gasteiger partial charge >= 0.3 is 0 Å². The molecule has 2 aromatic rings. The van der Waals surface area contributed by atoms with Crippen LogP contribution in [0.15, 0.2) is 48.5 Å². The van der Waals surface area contributed by atoms with Crippen molar-refractivity contribution >= 4 is 34.2 Å². The Morgan fingerprint density at radius 2 is 1.86 bits per heavy atom. The molecule has 0 radical (unpaired) electrons. The van der Waals surface area contributed by atoms with Gasteiger partial charge in [-0.15, -0.1) is 0 Å². The van der Waals surface area contributed by atoms with Crippen molar-refractivity contribution in [1.29, 1.82) is 0 Å². The van der Waals surface area contributed by atoms with Crippen molar-refractivity contribution in [2.24, 2.45) is 0 Å². The van der Waals surface area contributed by atoms with E-state index < -0.39 is 0 Å². The molecule has 0 spiro atoms. The summed E-state index contributed by atoms with van der Waals surface area (Å²) in [5, 5.41) is 3.02. The van der Waals surface area contributed by atoms with Gasteiger partial charge in [0, 0.05) is 41.9 Å². The minimum Gasteiger partial charge on any atom is -0.495 e. The smallest absolute Gasteiger partial charge is 0.251 e. The van der Waals surface area contributed by atoms with Gasteiger partial charge in [0.2, 0.25) is 0 Å². The van der Waals surface area contributed by atoms with Gasteiger partial charge in [0.1, 0.15) is 5.75 Å². The van der Waals surface area contributed by atoms with Crippen LogP contribution in [0.3, 0.4) is 0 Å². The fraction of sp³-hybridized carbons (Fsp3) is 0.409. The molecular formula is C22H28IN3O2. The number of piperazine rings is 1. The number of nitrogens with one attached hydrogen (secondary N) is 1. The lowest BCUT2D eigenvalue weighted by molar-refractivity contribution is 0.0952. The molecule has 3 rings (SSSR count). The minimum atomic E-state index is 0.0175. The largest absolute Gasteiger partial charge is 0.495 e. The van der Waals surface area contributed by atoms with Crippen LogP contribution in [-0.2, 0) is 0 Å². The predicted molar refractivity (Wildman–Crippen MR) is 122 cm³/mol. The minimum absolute atomic E-state index is 0.0175. The molecule has 28 heavy (non-hydrogen) atoms. The number of hydrogen-bond donors (Lipinski definition) is 1. The summed E-state index contributed by atoms with van der Waals surface area (Å²) in [5.41, 5.74) is 1.92. The van der Waals surface area contributed by atoms with Crippen molar-refractivity contribution in [3.05, 3.63) is 57.7 Å². The second-order valence-electron chi connectivity index (χ2n) is 6.97. The van der Waals surface area contributed by atoms with E-state index >= 15 is 0 Å². The Hall–Kier alpha value is -1.80. The number of rotatable bonds is 8. The molecule has 0 bridgehead atoms. The summed E-state index contributed by atoms with van der Waals surface area (Å²) in [5.74, 6) is 0.962. The Bertz CT molecular complexity index is 776. The van der Waals surface area contributed by atoms with Crippen LogP contribution >= 0.6 is 22.6 Å². The SMILES string of the molecule is COc1ccccc1N1CCN(CCCCNC(=O)c2cccc(I)c2)CC1. The van der Waals surface area contributed by atoms with Crippen molar-refractivity contribution in [3.63, 3.8) is 0 Å². The first-order valence-electron chi connectivity index (χ1n) is 9.81. The Balaban J connectivity index is 1.33.